The van der Waals surface area contributed by atoms with Crippen LogP contribution in [-0.2, 0) is 18.9 Å². The fraction of sp³-hybridized carbons (Fsp3) is 0.347. The fourth-order valence-corrected chi connectivity index (χ4v) is 12.7. The Hall–Kier alpha value is -15.6. The molecule has 3 fully saturated rings. The Morgan fingerprint density at radius 3 is 1.16 bits per heavy atom. The Kier molecular flexibility index (Phi) is 33.9. The third kappa shape index (κ3) is 31.2. The number of carbonyl (C=O) groups is 7. The van der Waals surface area contributed by atoms with Crippen molar-refractivity contribution in [2.45, 2.75) is 163 Å². The maximum atomic E-state index is 14.0. The first-order valence-electron chi connectivity index (χ1n) is 44.1. The predicted molar refractivity (Wildman–Crippen MR) is 510 cm³/mol. The molecule has 0 unspecified atom stereocenters. The molecule has 3 aliphatic rings. The quantitative estimate of drug-likeness (QED) is 0.0150. The Bertz CT molecular complexity index is 6550. The van der Waals surface area contributed by atoms with Crippen LogP contribution in [0.2, 0.25) is 0 Å². The number of halogens is 7. The van der Waals surface area contributed by atoms with Gasteiger partial charge in [-0.1, -0.05) is 45.5 Å². The van der Waals surface area contributed by atoms with Crippen molar-refractivity contribution in [2.24, 2.45) is 23.5 Å². The first-order chi connectivity index (χ1) is 66.5. The summed E-state index contributed by atoms with van der Waals surface area (Å²) in [5.74, 6) is 14.5. The highest BCUT2D eigenvalue weighted by Gasteiger charge is 2.36. The van der Waals surface area contributed by atoms with Crippen molar-refractivity contribution < 1.29 is 92.1 Å². The molecule has 42 heteroatoms. The van der Waals surface area contributed by atoms with E-state index in [1.807, 2.05) is 0 Å². The number of carbonyl (C=O) groups excluding carboxylic acids is 7. The number of rotatable bonds is 26. The topological polar surface area (TPSA) is 431 Å². The van der Waals surface area contributed by atoms with Crippen LogP contribution in [0.4, 0.5) is 80.0 Å². The number of hydrogen-bond donors (Lipinski definition) is 7. The summed E-state index contributed by atoms with van der Waals surface area (Å²) in [7, 11) is 0. The van der Waals surface area contributed by atoms with E-state index in [9.17, 15) is 59.9 Å². The maximum absolute atomic E-state index is 14.0. The molecule has 0 aliphatic heterocycles. The zero-order chi connectivity index (χ0) is 101. The standard InChI is InChI=1S/C36H39F2N7O6.C28H27BrF2N6O4.C26H23F2N7O2.C8H13NO2/c1-35(2,3)50-33(47)40-16-7-8-22-11-13-25(14-12-22)45-20-26(29(43-45)30(37)38)41-31(46)27-21-49-32(42-27)24-15-17-39-28(18-24)44(19-23-9-10-23)34(48)51-36(4,5)6;1-28(2,3)41-27(39)36(13-16-4-5-16)22-12-17(10-11-32-22)26-34-21(15-40-26)25(38)33-20-14-37(35-23(20)24(30)31)19-8-6-18(29)7-9-19;27-24(28)23-20(14-35(34-23)19-7-5-16(6-8-19)2-1-10-29)32-25(36)21-15-37-26(33-21)18-9-11-30-22(12-18)31-13-17-3-4-17;1-5-6-9-7(10)11-8(2,3)4/h11-15,17-18,20-21,23,30H,9-10,16,19H2,1-6H3,(H,40,47)(H,41,46);6-12,14-16,24H,4-5,13H2,1-3H3,(H,33,38);5-9,11-12,14-15,17,24H,3-4,10,13,29H2,(H,30,31)(H,32,36);1H,6H2,2-4H3,(H,9,10). The monoisotopic (exact) mass is 1990 g/mol. The first kappa shape index (κ1) is 103. The zero-order valence-electron chi connectivity index (χ0n) is 78.3. The summed E-state index contributed by atoms with van der Waals surface area (Å²) in [6.45, 7) is 23.6. The molecular formula is C98H102BrF6N21O14. The number of oxazole rings is 3. The summed E-state index contributed by atoms with van der Waals surface area (Å²) in [5, 5.41) is 27.5. The number of hydrogen-bond acceptors (Lipinski definition) is 25. The van der Waals surface area contributed by atoms with Gasteiger partial charge in [0.05, 0.1) is 72.3 Å². The lowest BCUT2D eigenvalue weighted by Crippen LogP contribution is -2.38. The molecule has 8 N–H and O–H groups in total. The minimum atomic E-state index is -2.99. The van der Waals surface area contributed by atoms with Crippen LogP contribution in [0.25, 0.3) is 51.4 Å². The number of pyridine rings is 3. The summed E-state index contributed by atoms with van der Waals surface area (Å²) in [4.78, 5) is 116. The van der Waals surface area contributed by atoms with Crippen molar-refractivity contribution in [3.8, 4) is 87.5 Å². The van der Waals surface area contributed by atoms with Crippen LogP contribution in [0.1, 0.15) is 201 Å². The number of terminal acetylenes is 1. The average molecular weight is 1990 g/mol. The molecule has 0 bridgehead atoms. The van der Waals surface area contributed by atoms with Crippen LogP contribution < -0.4 is 47.4 Å². The van der Waals surface area contributed by atoms with E-state index >= 15 is 0 Å². The molecule has 0 atom stereocenters. The van der Waals surface area contributed by atoms with Gasteiger partial charge in [0.25, 0.3) is 37.0 Å². The molecule has 9 heterocycles. The second-order valence-electron chi connectivity index (χ2n) is 35.9. The summed E-state index contributed by atoms with van der Waals surface area (Å²) in [5.41, 5.74) is 4.65. The summed E-state index contributed by atoms with van der Waals surface area (Å²) < 4.78 is 125. The molecule has 0 saturated heterocycles. The van der Waals surface area contributed by atoms with E-state index in [1.165, 1.54) is 73.9 Å². The number of benzene rings is 3. The summed E-state index contributed by atoms with van der Waals surface area (Å²) in [6.07, 6.45) is 12.4. The van der Waals surface area contributed by atoms with Gasteiger partial charge in [-0.05, 0) is 249 Å². The minimum absolute atomic E-state index is 0.0601. The molecule has 12 aromatic rings. The molecule has 7 amide bonds. The van der Waals surface area contributed by atoms with Gasteiger partial charge in [0.1, 0.15) is 58.6 Å². The van der Waals surface area contributed by atoms with Gasteiger partial charge in [0.2, 0.25) is 17.7 Å². The van der Waals surface area contributed by atoms with Crippen LogP contribution in [-0.4, -0.2) is 163 Å². The van der Waals surface area contributed by atoms with Gasteiger partial charge in [0.15, 0.2) is 34.2 Å². The molecule has 0 spiro atoms. The number of aromatic nitrogens is 12. The van der Waals surface area contributed by atoms with Crippen molar-refractivity contribution in [3.05, 3.63) is 215 Å². The summed E-state index contributed by atoms with van der Waals surface area (Å²) >= 11 is 3.33. The number of amides is 7. The van der Waals surface area contributed by atoms with E-state index in [1.54, 1.807) is 198 Å². The van der Waals surface area contributed by atoms with Gasteiger partial charge in [-0.25, -0.2) is 89.5 Å². The Balaban J connectivity index is 0.000000180. The number of nitrogens with one attached hydrogen (secondary N) is 6. The first-order valence-corrected chi connectivity index (χ1v) is 44.9. The zero-order valence-corrected chi connectivity index (χ0v) is 79.9. The van der Waals surface area contributed by atoms with Gasteiger partial charge in [0, 0.05) is 70.5 Å². The number of nitrogens with zero attached hydrogens (tertiary/aromatic N) is 14. The van der Waals surface area contributed by atoms with E-state index in [0.717, 1.165) is 54.8 Å². The number of alkyl halides is 6. The molecular weight excluding hydrogens is 1890 g/mol. The lowest BCUT2D eigenvalue weighted by atomic mass is 10.2. The lowest BCUT2D eigenvalue weighted by Gasteiger charge is -2.27. The van der Waals surface area contributed by atoms with Crippen molar-refractivity contribution in [3.63, 3.8) is 0 Å². The van der Waals surface area contributed by atoms with E-state index in [2.05, 4.69) is 123 Å². The number of alkyl carbamates (subject to hydrolysis) is 2. The van der Waals surface area contributed by atoms with Gasteiger partial charge in [-0.2, -0.15) is 15.3 Å². The fourth-order valence-electron chi connectivity index (χ4n) is 12.5. The number of anilines is 6. The Morgan fingerprint density at radius 1 is 0.471 bits per heavy atom. The van der Waals surface area contributed by atoms with Gasteiger partial charge < -0.3 is 69.8 Å². The lowest BCUT2D eigenvalue weighted by molar-refractivity contribution is 0.0523. The second kappa shape index (κ2) is 46.0. The number of nitrogens with two attached hydrogens (primary N) is 1. The van der Waals surface area contributed by atoms with Gasteiger partial charge >= 0.3 is 24.4 Å². The van der Waals surface area contributed by atoms with Crippen LogP contribution >= 0.6 is 15.9 Å². The molecule has 0 radical (unpaired) electrons. The Morgan fingerprint density at radius 2 is 0.814 bits per heavy atom. The smallest absolute Gasteiger partial charge is 0.416 e. The van der Waals surface area contributed by atoms with E-state index in [-0.39, 0.29) is 71.5 Å². The largest absolute Gasteiger partial charge is 0.444 e. The highest BCUT2D eigenvalue weighted by Crippen LogP contribution is 2.38. The predicted octanol–water partition coefficient (Wildman–Crippen LogP) is 19.6. The third-order valence-corrected chi connectivity index (χ3v) is 20.0. The second-order valence-corrected chi connectivity index (χ2v) is 36.8. The highest BCUT2D eigenvalue weighted by atomic mass is 79.9. The molecule has 9 aromatic heterocycles. The van der Waals surface area contributed by atoms with Crippen molar-refractivity contribution in [2.75, 3.05) is 70.3 Å². The molecule has 3 saturated carbocycles. The van der Waals surface area contributed by atoms with Crippen LogP contribution in [0, 0.1) is 53.8 Å². The van der Waals surface area contributed by atoms with Crippen molar-refractivity contribution >= 4 is 92.5 Å². The molecule has 35 nitrogen and oxygen atoms in total. The van der Waals surface area contributed by atoms with Crippen molar-refractivity contribution in [1.82, 2.24) is 69.9 Å². The normalized spacial score (nSPS) is 12.8. The van der Waals surface area contributed by atoms with E-state index in [4.69, 9.17) is 44.4 Å². The average Bonchev–Trinajstić information content (AvgIpc) is 1.67. The summed E-state index contributed by atoms with van der Waals surface area (Å²) in [6, 6.07) is 30.2. The van der Waals surface area contributed by atoms with Gasteiger partial charge in [-0.3, -0.25) is 24.2 Å². The van der Waals surface area contributed by atoms with Crippen LogP contribution in [0.3, 0.4) is 0 Å². The number of ether oxygens (including phenoxy) is 4. The van der Waals surface area contributed by atoms with E-state index < -0.39 is 101 Å². The van der Waals surface area contributed by atoms with Crippen LogP contribution in [0.5, 0.6) is 0 Å². The SMILES string of the molecule is C#CCNC(=O)OC(C)(C)C.CC(C)(C)OC(=O)N(CC1CC1)c1cc(-c2nc(C(=O)Nc3cn(-c4ccc(Br)cc4)nc3C(F)F)co2)ccn1.CC(C)(C)OC(=O)NCC#Cc1ccc(-n2cc(NC(=O)c3coc(-c4ccnc(N(CC5CC5)C(=O)OC(C)(C)C)c4)n3)c(C(F)F)n2)cc1.NCC#Cc1ccc(-n2cc(NC(=O)c3coc(-c4ccnc(NCC5CC5)c4)n3)c(C(F)F)n2)cc1. The minimum Gasteiger partial charge on any atom is -0.444 e. The molecule has 140 heavy (non-hydrogen) atoms. The molecule has 3 aliphatic carbocycles. The highest BCUT2D eigenvalue weighted by molar-refractivity contribution is 9.10. The molecule has 15 rings (SSSR count). The maximum Gasteiger partial charge on any atom is 0.416 e. The van der Waals surface area contributed by atoms with E-state index in [0.29, 0.717) is 87.6 Å². The van der Waals surface area contributed by atoms with Gasteiger partial charge in [-0.15, -0.1) is 6.42 Å². The molecule has 732 valence electrons. The molecule has 3 aromatic carbocycles. The van der Waals surface area contributed by atoms with Crippen LogP contribution in [0.15, 0.2) is 183 Å². The Labute approximate surface area is 809 Å². The van der Waals surface area contributed by atoms with Crippen molar-refractivity contribution in [1.29, 1.82) is 0 Å². The third-order valence-electron chi connectivity index (χ3n) is 19.5.